The van der Waals surface area contributed by atoms with E-state index in [1.54, 1.807) is 0 Å². The van der Waals surface area contributed by atoms with E-state index >= 15 is 0 Å². The van der Waals surface area contributed by atoms with E-state index in [1.165, 1.54) is 51.6 Å². The Balaban J connectivity index is 2.02. The van der Waals surface area contributed by atoms with Gasteiger partial charge in [0.1, 0.15) is 0 Å². The van der Waals surface area contributed by atoms with Gasteiger partial charge < -0.3 is 0 Å². The molecule has 1 saturated carbocycles. The normalized spacial score (nSPS) is 33.5. The largest absolute Gasteiger partial charge is 0.299 e. The van der Waals surface area contributed by atoms with Gasteiger partial charge in [0.15, 0.2) is 0 Å². The van der Waals surface area contributed by atoms with Gasteiger partial charge in [-0.3, -0.25) is 4.90 Å². The summed E-state index contributed by atoms with van der Waals surface area (Å²) in [5, 5.41) is 9.29. The molecule has 0 amide bonds. The number of likely N-dealkylation sites (tertiary alicyclic amines) is 1. The van der Waals surface area contributed by atoms with Crippen molar-refractivity contribution in [3.63, 3.8) is 0 Å². The van der Waals surface area contributed by atoms with Crippen molar-refractivity contribution in [2.75, 3.05) is 13.1 Å². The van der Waals surface area contributed by atoms with Crippen LogP contribution in [0.1, 0.15) is 58.8 Å². The van der Waals surface area contributed by atoms with E-state index in [0.717, 1.165) is 6.42 Å². The van der Waals surface area contributed by atoms with Crippen LogP contribution >= 0.6 is 0 Å². The van der Waals surface area contributed by atoms with Crippen LogP contribution in [0.2, 0.25) is 0 Å². The molecule has 0 aromatic rings. The number of hydrogen-bond donors (Lipinski definition) is 0. The Morgan fingerprint density at radius 3 is 2.53 bits per heavy atom. The highest BCUT2D eigenvalue weighted by atomic mass is 15.2. The van der Waals surface area contributed by atoms with E-state index in [9.17, 15) is 5.26 Å². The van der Waals surface area contributed by atoms with Crippen molar-refractivity contribution in [1.29, 1.82) is 5.26 Å². The molecule has 1 aliphatic carbocycles. The first-order chi connectivity index (χ1) is 8.24. The predicted molar refractivity (Wildman–Crippen MR) is 70.6 cm³/mol. The minimum atomic E-state index is 0.299. The maximum absolute atomic E-state index is 9.29. The Bertz CT molecular complexity index is 288. The zero-order chi connectivity index (χ0) is 12.3. The van der Waals surface area contributed by atoms with Crippen LogP contribution in [0.3, 0.4) is 0 Å². The maximum Gasteiger partial charge on any atom is 0.0672 e. The Labute approximate surface area is 106 Å². The van der Waals surface area contributed by atoms with E-state index in [0.29, 0.717) is 17.4 Å². The van der Waals surface area contributed by atoms with E-state index in [-0.39, 0.29) is 0 Å². The fourth-order valence-corrected chi connectivity index (χ4v) is 3.78. The molecule has 2 aliphatic rings. The van der Waals surface area contributed by atoms with Gasteiger partial charge in [0.2, 0.25) is 0 Å². The smallest absolute Gasteiger partial charge is 0.0672 e. The van der Waals surface area contributed by atoms with Crippen molar-refractivity contribution >= 4 is 0 Å². The summed E-state index contributed by atoms with van der Waals surface area (Å²) in [7, 11) is 0. The monoisotopic (exact) mass is 234 g/mol. The van der Waals surface area contributed by atoms with Crippen LogP contribution in [0, 0.1) is 22.7 Å². The summed E-state index contributed by atoms with van der Waals surface area (Å²) < 4.78 is 0. The fourth-order valence-electron chi connectivity index (χ4n) is 3.78. The molecule has 2 rings (SSSR count). The molecule has 17 heavy (non-hydrogen) atoms. The lowest BCUT2D eigenvalue weighted by Gasteiger charge is -2.36. The van der Waals surface area contributed by atoms with Crippen LogP contribution in [-0.4, -0.2) is 24.0 Å². The second-order valence-corrected chi connectivity index (χ2v) is 6.01. The zero-order valence-corrected chi connectivity index (χ0v) is 11.4. The summed E-state index contributed by atoms with van der Waals surface area (Å²) in [6, 6.07) is 3.12. The summed E-state index contributed by atoms with van der Waals surface area (Å²) >= 11 is 0. The van der Waals surface area contributed by atoms with E-state index in [1.807, 2.05) is 0 Å². The van der Waals surface area contributed by atoms with Gasteiger partial charge in [-0.2, -0.15) is 5.26 Å². The van der Waals surface area contributed by atoms with Crippen LogP contribution in [0.25, 0.3) is 0 Å². The average molecular weight is 234 g/mol. The molecule has 1 aliphatic heterocycles. The standard InChI is InChI=1S/C15H26N2/c1-3-15(4-2)9-10-17(12-15)14-8-6-5-7-13(14)11-16/h13-14H,3-10,12H2,1-2H3. The highest BCUT2D eigenvalue weighted by Crippen LogP contribution is 2.40. The van der Waals surface area contributed by atoms with Gasteiger partial charge in [-0.1, -0.05) is 26.7 Å². The van der Waals surface area contributed by atoms with Crippen LogP contribution in [0.5, 0.6) is 0 Å². The number of nitrogens with zero attached hydrogens (tertiary/aromatic N) is 2. The molecule has 2 heteroatoms. The molecule has 2 nitrogen and oxygen atoms in total. The highest BCUT2D eigenvalue weighted by molar-refractivity contribution is 4.99. The van der Waals surface area contributed by atoms with Crippen molar-refractivity contribution in [3.8, 4) is 6.07 Å². The number of rotatable bonds is 3. The fraction of sp³-hybridized carbons (Fsp3) is 0.933. The van der Waals surface area contributed by atoms with Crippen LogP contribution in [0.4, 0.5) is 0 Å². The van der Waals surface area contributed by atoms with Crippen LogP contribution < -0.4 is 0 Å². The lowest BCUT2D eigenvalue weighted by molar-refractivity contribution is 0.133. The maximum atomic E-state index is 9.29. The molecular weight excluding hydrogens is 208 g/mol. The van der Waals surface area contributed by atoms with Gasteiger partial charge in [0.05, 0.1) is 12.0 Å². The highest BCUT2D eigenvalue weighted by Gasteiger charge is 2.40. The van der Waals surface area contributed by atoms with Gasteiger partial charge in [0.25, 0.3) is 0 Å². The molecular formula is C15H26N2. The van der Waals surface area contributed by atoms with Crippen molar-refractivity contribution in [1.82, 2.24) is 4.90 Å². The Hall–Kier alpha value is -0.550. The van der Waals surface area contributed by atoms with Gasteiger partial charge >= 0.3 is 0 Å². The first-order valence-electron chi connectivity index (χ1n) is 7.38. The molecule has 0 N–H and O–H groups in total. The number of nitriles is 1. The second-order valence-electron chi connectivity index (χ2n) is 6.01. The average Bonchev–Trinajstić information content (AvgIpc) is 2.83. The van der Waals surface area contributed by atoms with Crippen molar-refractivity contribution < 1.29 is 0 Å². The molecule has 0 aromatic heterocycles. The second kappa shape index (κ2) is 5.40. The topological polar surface area (TPSA) is 27.0 Å². The van der Waals surface area contributed by atoms with Crippen LogP contribution in [0.15, 0.2) is 0 Å². The van der Waals surface area contributed by atoms with Crippen molar-refractivity contribution in [2.45, 2.75) is 64.8 Å². The molecule has 2 atom stereocenters. The van der Waals surface area contributed by atoms with Gasteiger partial charge in [-0.15, -0.1) is 0 Å². The summed E-state index contributed by atoms with van der Waals surface area (Å²) in [5.41, 5.74) is 0.553. The van der Waals surface area contributed by atoms with Crippen molar-refractivity contribution in [2.24, 2.45) is 11.3 Å². The lowest BCUT2D eigenvalue weighted by Crippen LogP contribution is -2.41. The number of hydrogen-bond acceptors (Lipinski definition) is 2. The first-order valence-corrected chi connectivity index (χ1v) is 7.38. The molecule has 0 radical (unpaired) electrons. The summed E-state index contributed by atoms with van der Waals surface area (Å²) in [6.45, 7) is 7.12. The summed E-state index contributed by atoms with van der Waals surface area (Å²) in [6.07, 6.45) is 8.90. The van der Waals surface area contributed by atoms with E-state index in [4.69, 9.17) is 0 Å². The zero-order valence-electron chi connectivity index (χ0n) is 11.4. The van der Waals surface area contributed by atoms with Crippen LogP contribution in [-0.2, 0) is 0 Å². The quantitative estimate of drug-likeness (QED) is 0.746. The Morgan fingerprint density at radius 2 is 1.94 bits per heavy atom. The Kier molecular flexibility index (Phi) is 4.09. The van der Waals surface area contributed by atoms with Gasteiger partial charge in [-0.05, 0) is 44.1 Å². The molecule has 96 valence electrons. The minimum Gasteiger partial charge on any atom is -0.299 e. The van der Waals surface area contributed by atoms with E-state index in [2.05, 4.69) is 24.8 Å². The SMILES string of the molecule is CCC1(CC)CCN(C2CCCCC2C#N)C1. The third kappa shape index (κ3) is 2.50. The molecule has 2 fully saturated rings. The minimum absolute atomic E-state index is 0.299. The third-order valence-electron chi connectivity index (χ3n) is 5.33. The van der Waals surface area contributed by atoms with Gasteiger partial charge in [0, 0.05) is 12.6 Å². The predicted octanol–water partition coefficient (Wildman–Crippen LogP) is 3.58. The molecule has 2 unspecified atom stereocenters. The van der Waals surface area contributed by atoms with E-state index < -0.39 is 0 Å². The molecule has 0 spiro atoms. The molecule has 1 saturated heterocycles. The van der Waals surface area contributed by atoms with Gasteiger partial charge in [-0.25, -0.2) is 0 Å². The van der Waals surface area contributed by atoms with Crippen molar-refractivity contribution in [3.05, 3.63) is 0 Å². The lowest BCUT2D eigenvalue weighted by atomic mass is 9.81. The summed E-state index contributed by atoms with van der Waals surface area (Å²) in [5.74, 6) is 0.299. The molecule has 0 bridgehead atoms. The Morgan fingerprint density at radius 1 is 1.24 bits per heavy atom. The molecule has 1 heterocycles. The summed E-state index contributed by atoms with van der Waals surface area (Å²) in [4.78, 5) is 2.64. The molecule has 0 aromatic carbocycles. The first kappa shape index (κ1) is 12.9. The third-order valence-corrected chi connectivity index (χ3v) is 5.33.